The molecule has 1 saturated heterocycles. The van der Waals surface area contributed by atoms with Crippen molar-refractivity contribution in [3.63, 3.8) is 0 Å². The molecule has 0 aliphatic carbocycles. The highest BCUT2D eigenvalue weighted by molar-refractivity contribution is 5.38. The van der Waals surface area contributed by atoms with E-state index in [1.165, 1.54) is 18.4 Å². The predicted octanol–water partition coefficient (Wildman–Crippen LogP) is 2.82. The monoisotopic (exact) mass is 277 g/mol. The van der Waals surface area contributed by atoms with Crippen molar-refractivity contribution < 1.29 is 9.84 Å². The van der Waals surface area contributed by atoms with Gasteiger partial charge in [-0.2, -0.15) is 0 Å². The molecule has 1 atom stereocenters. The van der Waals surface area contributed by atoms with E-state index in [9.17, 15) is 5.11 Å². The lowest BCUT2D eigenvalue weighted by Gasteiger charge is -2.24. The van der Waals surface area contributed by atoms with E-state index in [0.717, 1.165) is 25.4 Å². The largest absolute Gasteiger partial charge is 0.491 e. The van der Waals surface area contributed by atoms with Crippen LogP contribution in [-0.4, -0.2) is 42.4 Å². The molecule has 1 unspecified atom stereocenters. The smallest absolute Gasteiger partial charge is 0.123 e. The van der Waals surface area contributed by atoms with Gasteiger partial charge in [-0.15, -0.1) is 0 Å². The van der Waals surface area contributed by atoms with Gasteiger partial charge in [0, 0.05) is 6.54 Å². The Bertz CT molecular complexity index is 419. The number of nitrogens with zero attached hydrogens (tertiary/aromatic N) is 1. The van der Waals surface area contributed by atoms with Crippen molar-refractivity contribution in [1.29, 1.82) is 0 Å². The molecule has 0 aromatic heterocycles. The molecule has 1 fully saturated rings. The van der Waals surface area contributed by atoms with Crippen LogP contribution in [0.1, 0.15) is 39.2 Å². The van der Waals surface area contributed by atoms with E-state index in [2.05, 4.69) is 31.7 Å². The van der Waals surface area contributed by atoms with Crippen molar-refractivity contribution in [2.75, 3.05) is 26.2 Å². The van der Waals surface area contributed by atoms with Crippen LogP contribution in [0.3, 0.4) is 0 Å². The van der Waals surface area contributed by atoms with Crippen LogP contribution in [0.2, 0.25) is 0 Å². The molecule has 2 rings (SSSR count). The summed E-state index contributed by atoms with van der Waals surface area (Å²) < 4.78 is 5.86. The molecule has 0 spiro atoms. The van der Waals surface area contributed by atoms with E-state index in [1.807, 2.05) is 18.2 Å². The highest BCUT2D eigenvalue weighted by Crippen LogP contribution is 2.30. The van der Waals surface area contributed by atoms with Gasteiger partial charge < -0.3 is 14.7 Å². The average molecular weight is 277 g/mol. The summed E-state index contributed by atoms with van der Waals surface area (Å²) in [6, 6.07) is 8.11. The highest BCUT2D eigenvalue weighted by Gasteiger charge is 2.20. The van der Waals surface area contributed by atoms with Gasteiger partial charge in [-0.3, -0.25) is 0 Å². The summed E-state index contributed by atoms with van der Waals surface area (Å²) in [4.78, 5) is 2.31. The number of benzene rings is 1. The zero-order chi connectivity index (χ0) is 14.6. The summed E-state index contributed by atoms with van der Waals surface area (Å²) >= 11 is 0. The molecule has 1 heterocycles. The summed E-state index contributed by atoms with van der Waals surface area (Å²) in [5.74, 6) is 0.889. The normalized spacial score (nSPS) is 18.2. The predicted molar refractivity (Wildman–Crippen MR) is 82.3 cm³/mol. The average Bonchev–Trinajstić information content (AvgIpc) is 2.88. The fourth-order valence-corrected chi connectivity index (χ4v) is 2.71. The molecule has 1 aliphatic heterocycles. The van der Waals surface area contributed by atoms with Gasteiger partial charge in [0.25, 0.3) is 0 Å². The lowest BCUT2D eigenvalue weighted by atomic mass is 9.86. The number of para-hydroxylation sites is 1. The highest BCUT2D eigenvalue weighted by atomic mass is 16.5. The van der Waals surface area contributed by atoms with Gasteiger partial charge in [0.2, 0.25) is 0 Å². The summed E-state index contributed by atoms with van der Waals surface area (Å²) in [5.41, 5.74) is 1.24. The third-order valence-corrected chi connectivity index (χ3v) is 3.79. The third kappa shape index (κ3) is 4.22. The van der Waals surface area contributed by atoms with E-state index < -0.39 is 6.10 Å². The fourth-order valence-electron chi connectivity index (χ4n) is 2.71. The van der Waals surface area contributed by atoms with Crippen molar-refractivity contribution in [2.24, 2.45) is 0 Å². The number of hydrogen-bond acceptors (Lipinski definition) is 3. The fraction of sp³-hybridized carbons (Fsp3) is 0.647. The number of β-amino-alcohol motifs (C(OH)–C–C–N with tert-alkyl or cyclic N) is 1. The number of likely N-dealkylation sites (tertiary alicyclic amines) is 1. The molecule has 3 nitrogen and oxygen atoms in total. The third-order valence-electron chi connectivity index (χ3n) is 3.79. The van der Waals surface area contributed by atoms with Crippen molar-refractivity contribution in [2.45, 2.75) is 45.1 Å². The van der Waals surface area contributed by atoms with Crippen molar-refractivity contribution in [1.82, 2.24) is 4.90 Å². The molecule has 1 N–H and O–H groups in total. The topological polar surface area (TPSA) is 32.7 Å². The first-order valence-electron chi connectivity index (χ1n) is 7.59. The minimum absolute atomic E-state index is 0.0521. The summed E-state index contributed by atoms with van der Waals surface area (Å²) in [7, 11) is 0. The molecule has 0 amide bonds. The Morgan fingerprint density at radius 2 is 1.85 bits per heavy atom. The molecule has 3 heteroatoms. The number of hydrogen-bond donors (Lipinski definition) is 1. The Kier molecular flexibility index (Phi) is 5.06. The number of ether oxygens (including phenoxy) is 1. The second-order valence-corrected chi connectivity index (χ2v) is 6.72. The molecular weight excluding hydrogens is 250 g/mol. The molecule has 0 saturated carbocycles. The van der Waals surface area contributed by atoms with Crippen LogP contribution < -0.4 is 4.74 Å². The summed E-state index contributed by atoms with van der Waals surface area (Å²) in [6.45, 7) is 9.83. The van der Waals surface area contributed by atoms with Gasteiger partial charge in [0.1, 0.15) is 18.5 Å². The molecule has 0 radical (unpaired) electrons. The Labute approximate surface area is 122 Å². The Morgan fingerprint density at radius 1 is 1.20 bits per heavy atom. The molecular formula is C17H27NO2. The Balaban J connectivity index is 1.90. The van der Waals surface area contributed by atoms with Crippen molar-refractivity contribution >= 4 is 0 Å². The van der Waals surface area contributed by atoms with Crippen molar-refractivity contribution in [3.8, 4) is 5.75 Å². The van der Waals surface area contributed by atoms with Crippen LogP contribution >= 0.6 is 0 Å². The molecule has 20 heavy (non-hydrogen) atoms. The van der Waals surface area contributed by atoms with Gasteiger partial charge in [-0.25, -0.2) is 0 Å². The quantitative estimate of drug-likeness (QED) is 0.898. The van der Waals surface area contributed by atoms with E-state index >= 15 is 0 Å². The standard InChI is InChI=1S/C17H27NO2/c1-17(2,3)15-8-4-5-9-16(15)20-13-14(19)12-18-10-6-7-11-18/h4-5,8-9,14,19H,6-7,10-13H2,1-3H3. The second-order valence-electron chi connectivity index (χ2n) is 6.72. The summed E-state index contributed by atoms with van der Waals surface area (Å²) in [5, 5.41) is 10.1. The van der Waals surface area contributed by atoms with Gasteiger partial charge >= 0.3 is 0 Å². The van der Waals surface area contributed by atoms with E-state index in [1.54, 1.807) is 0 Å². The molecule has 1 aliphatic rings. The van der Waals surface area contributed by atoms with Crippen LogP contribution in [0.15, 0.2) is 24.3 Å². The van der Waals surface area contributed by atoms with E-state index in [4.69, 9.17) is 4.74 Å². The van der Waals surface area contributed by atoms with E-state index in [0.29, 0.717) is 6.61 Å². The zero-order valence-corrected chi connectivity index (χ0v) is 12.9. The number of rotatable bonds is 5. The van der Waals surface area contributed by atoms with Crippen molar-refractivity contribution in [3.05, 3.63) is 29.8 Å². The minimum Gasteiger partial charge on any atom is -0.491 e. The van der Waals surface area contributed by atoms with Crippen LogP contribution in [-0.2, 0) is 5.41 Å². The molecule has 112 valence electrons. The lowest BCUT2D eigenvalue weighted by Crippen LogP contribution is -2.34. The number of aliphatic hydroxyl groups is 1. The first kappa shape index (κ1) is 15.3. The lowest BCUT2D eigenvalue weighted by molar-refractivity contribution is 0.0751. The zero-order valence-electron chi connectivity index (χ0n) is 12.9. The second kappa shape index (κ2) is 6.59. The van der Waals surface area contributed by atoms with Gasteiger partial charge in [0.15, 0.2) is 0 Å². The van der Waals surface area contributed by atoms with Crippen LogP contribution in [0.25, 0.3) is 0 Å². The van der Waals surface area contributed by atoms with Gasteiger partial charge in [-0.1, -0.05) is 39.0 Å². The van der Waals surface area contributed by atoms with Crippen LogP contribution in [0.4, 0.5) is 0 Å². The SMILES string of the molecule is CC(C)(C)c1ccccc1OCC(O)CN1CCCC1. The first-order valence-corrected chi connectivity index (χ1v) is 7.59. The van der Waals surface area contributed by atoms with Crippen LogP contribution in [0.5, 0.6) is 5.75 Å². The maximum atomic E-state index is 10.1. The molecule has 1 aromatic carbocycles. The molecule has 1 aromatic rings. The Morgan fingerprint density at radius 3 is 2.50 bits per heavy atom. The maximum absolute atomic E-state index is 10.1. The van der Waals surface area contributed by atoms with E-state index in [-0.39, 0.29) is 5.41 Å². The van der Waals surface area contributed by atoms with Crippen LogP contribution in [0, 0.1) is 0 Å². The minimum atomic E-state index is -0.416. The Hall–Kier alpha value is -1.06. The first-order chi connectivity index (χ1) is 9.47. The van der Waals surface area contributed by atoms with Gasteiger partial charge in [0.05, 0.1) is 0 Å². The number of aliphatic hydroxyl groups excluding tert-OH is 1. The summed E-state index contributed by atoms with van der Waals surface area (Å²) in [6.07, 6.45) is 2.09. The van der Waals surface area contributed by atoms with Gasteiger partial charge in [-0.05, 0) is 43.0 Å². The maximum Gasteiger partial charge on any atom is 0.123 e. The molecule has 0 bridgehead atoms.